The van der Waals surface area contributed by atoms with Gasteiger partial charge >= 0.3 is 0 Å². The highest BCUT2D eigenvalue weighted by molar-refractivity contribution is 7.85. The maximum Gasteiger partial charge on any atom is 0.124 e. The molecule has 0 aliphatic heterocycles. The third kappa shape index (κ3) is 2.70. The van der Waals surface area contributed by atoms with Crippen molar-refractivity contribution in [3.05, 3.63) is 30.1 Å². The summed E-state index contributed by atoms with van der Waals surface area (Å²) in [6.45, 7) is 2.20. The van der Waals surface area contributed by atoms with Crippen LogP contribution in [0.25, 0.3) is 0 Å². The van der Waals surface area contributed by atoms with E-state index in [0.29, 0.717) is 10.8 Å². The van der Waals surface area contributed by atoms with Gasteiger partial charge in [0.1, 0.15) is 5.82 Å². The van der Waals surface area contributed by atoms with E-state index < -0.39 is 10.8 Å². The molecule has 3 heteroatoms. The summed E-state index contributed by atoms with van der Waals surface area (Å²) in [6, 6.07) is 6.19. The molecule has 3 unspecified atom stereocenters. The van der Waals surface area contributed by atoms with E-state index in [1.807, 2.05) is 0 Å². The van der Waals surface area contributed by atoms with E-state index in [1.165, 1.54) is 18.6 Å². The standard InChI is InChI=1S/C13H17FOS/c1-10-4-2-6-12(8-10)16(15)13-7-3-5-11(14)9-13/h3,5,7,9-10,12H,2,4,6,8H2,1H3. The van der Waals surface area contributed by atoms with Crippen LogP contribution in [0.1, 0.15) is 32.6 Å². The number of rotatable bonds is 2. The molecule has 2 rings (SSSR count). The molecule has 1 fully saturated rings. The van der Waals surface area contributed by atoms with Crippen molar-refractivity contribution in [2.45, 2.75) is 42.8 Å². The second kappa shape index (κ2) is 5.09. The highest BCUT2D eigenvalue weighted by Crippen LogP contribution is 2.29. The van der Waals surface area contributed by atoms with Crippen LogP contribution in [0.2, 0.25) is 0 Å². The largest absolute Gasteiger partial charge is 0.254 e. The van der Waals surface area contributed by atoms with E-state index in [1.54, 1.807) is 12.1 Å². The zero-order valence-electron chi connectivity index (χ0n) is 9.49. The Morgan fingerprint density at radius 1 is 1.38 bits per heavy atom. The Kier molecular flexibility index (Phi) is 3.74. The van der Waals surface area contributed by atoms with Gasteiger partial charge in [0, 0.05) is 10.1 Å². The van der Waals surface area contributed by atoms with Crippen LogP contribution in [0, 0.1) is 11.7 Å². The Bertz CT molecular complexity index is 391. The van der Waals surface area contributed by atoms with E-state index in [9.17, 15) is 8.60 Å². The lowest BCUT2D eigenvalue weighted by Crippen LogP contribution is -2.23. The van der Waals surface area contributed by atoms with Crippen molar-refractivity contribution in [3.63, 3.8) is 0 Å². The van der Waals surface area contributed by atoms with E-state index in [2.05, 4.69) is 6.92 Å². The molecule has 0 saturated heterocycles. The first-order valence-corrected chi connectivity index (χ1v) is 7.04. The Morgan fingerprint density at radius 2 is 2.19 bits per heavy atom. The fourth-order valence-electron chi connectivity index (χ4n) is 2.36. The van der Waals surface area contributed by atoms with Crippen molar-refractivity contribution in [3.8, 4) is 0 Å². The molecule has 1 aliphatic carbocycles. The molecule has 0 spiro atoms. The number of benzene rings is 1. The Balaban J connectivity index is 2.12. The summed E-state index contributed by atoms with van der Waals surface area (Å²) >= 11 is 0. The fraction of sp³-hybridized carbons (Fsp3) is 0.538. The number of hydrogen-bond acceptors (Lipinski definition) is 1. The molecule has 0 radical (unpaired) electrons. The van der Waals surface area contributed by atoms with Gasteiger partial charge in [0.05, 0.1) is 10.8 Å². The lowest BCUT2D eigenvalue weighted by molar-refractivity contribution is 0.389. The fourth-order valence-corrected chi connectivity index (χ4v) is 4.07. The van der Waals surface area contributed by atoms with Gasteiger partial charge in [0.2, 0.25) is 0 Å². The van der Waals surface area contributed by atoms with E-state index in [4.69, 9.17) is 0 Å². The molecule has 1 aromatic carbocycles. The van der Waals surface area contributed by atoms with Crippen LogP contribution in [-0.4, -0.2) is 9.46 Å². The first-order valence-electron chi connectivity index (χ1n) is 5.83. The minimum Gasteiger partial charge on any atom is -0.254 e. The lowest BCUT2D eigenvalue weighted by atomic mass is 9.91. The van der Waals surface area contributed by atoms with Gasteiger partial charge in [-0.05, 0) is 37.0 Å². The second-order valence-corrected chi connectivity index (χ2v) is 6.38. The topological polar surface area (TPSA) is 17.1 Å². The highest BCUT2D eigenvalue weighted by Gasteiger charge is 2.24. The average molecular weight is 240 g/mol. The first-order chi connectivity index (χ1) is 7.66. The van der Waals surface area contributed by atoms with Crippen LogP contribution in [0.5, 0.6) is 0 Å². The summed E-state index contributed by atoms with van der Waals surface area (Å²) in [5, 5.41) is 0.213. The van der Waals surface area contributed by atoms with Crippen LogP contribution in [0.15, 0.2) is 29.2 Å². The van der Waals surface area contributed by atoms with Gasteiger partial charge < -0.3 is 0 Å². The summed E-state index contributed by atoms with van der Waals surface area (Å²) < 4.78 is 25.3. The third-order valence-electron chi connectivity index (χ3n) is 3.22. The lowest BCUT2D eigenvalue weighted by Gasteiger charge is -2.25. The number of hydrogen-bond donors (Lipinski definition) is 0. The van der Waals surface area contributed by atoms with E-state index in [-0.39, 0.29) is 11.1 Å². The van der Waals surface area contributed by atoms with Crippen LogP contribution in [-0.2, 0) is 10.8 Å². The summed E-state index contributed by atoms with van der Waals surface area (Å²) in [6.07, 6.45) is 4.39. The Hall–Kier alpha value is -0.700. The van der Waals surface area contributed by atoms with Crippen LogP contribution in [0.3, 0.4) is 0 Å². The summed E-state index contributed by atoms with van der Waals surface area (Å²) in [5.74, 6) is 0.353. The monoisotopic (exact) mass is 240 g/mol. The SMILES string of the molecule is CC1CCCC(S(=O)c2cccc(F)c2)C1. The molecule has 0 amide bonds. The van der Waals surface area contributed by atoms with Crippen molar-refractivity contribution >= 4 is 10.8 Å². The van der Waals surface area contributed by atoms with Crippen molar-refractivity contribution in [1.82, 2.24) is 0 Å². The van der Waals surface area contributed by atoms with Crippen LogP contribution < -0.4 is 0 Å². The smallest absolute Gasteiger partial charge is 0.124 e. The quantitative estimate of drug-likeness (QED) is 0.773. The molecule has 1 nitrogen and oxygen atoms in total. The average Bonchev–Trinajstić information content (AvgIpc) is 2.28. The highest BCUT2D eigenvalue weighted by atomic mass is 32.2. The summed E-state index contributed by atoms with van der Waals surface area (Å²) in [5.41, 5.74) is 0. The predicted octanol–water partition coefficient (Wildman–Crippen LogP) is 3.51. The van der Waals surface area contributed by atoms with Gasteiger partial charge in [-0.1, -0.05) is 25.8 Å². The molecule has 0 N–H and O–H groups in total. The van der Waals surface area contributed by atoms with Gasteiger partial charge in [-0.3, -0.25) is 4.21 Å². The predicted molar refractivity (Wildman–Crippen MR) is 64.2 cm³/mol. The maximum absolute atomic E-state index is 13.0. The molecule has 0 aromatic heterocycles. The molecule has 1 saturated carbocycles. The molecule has 16 heavy (non-hydrogen) atoms. The molecule has 0 bridgehead atoms. The van der Waals surface area contributed by atoms with Crippen molar-refractivity contribution in [2.24, 2.45) is 5.92 Å². The summed E-state index contributed by atoms with van der Waals surface area (Å²) in [7, 11) is -1.04. The van der Waals surface area contributed by atoms with Crippen molar-refractivity contribution < 1.29 is 8.60 Å². The summed E-state index contributed by atoms with van der Waals surface area (Å²) in [4.78, 5) is 0.638. The van der Waals surface area contributed by atoms with E-state index in [0.717, 1.165) is 19.3 Å². The second-order valence-electron chi connectivity index (χ2n) is 4.65. The Labute approximate surface area is 98.5 Å². The zero-order valence-corrected chi connectivity index (χ0v) is 10.3. The maximum atomic E-state index is 13.0. The van der Waals surface area contributed by atoms with Gasteiger partial charge in [-0.25, -0.2) is 4.39 Å². The molecular weight excluding hydrogens is 223 g/mol. The van der Waals surface area contributed by atoms with Crippen molar-refractivity contribution in [2.75, 3.05) is 0 Å². The third-order valence-corrected chi connectivity index (χ3v) is 4.97. The van der Waals surface area contributed by atoms with Crippen LogP contribution >= 0.6 is 0 Å². The molecule has 1 aromatic rings. The molecular formula is C13H17FOS. The minimum absolute atomic E-state index is 0.213. The van der Waals surface area contributed by atoms with Gasteiger partial charge in [0.15, 0.2) is 0 Å². The zero-order chi connectivity index (χ0) is 11.5. The van der Waals surface area contributed by atoms with Crippen LogP contribution in [0.4, 0.5) is 4.39 Å². The normalized spacial score (nSPS) is 27.6. The van der Waals surface area contributed by atoms with E-state index >= 15 is 0 Å². The molecule has 3 atom stereocenters. The molecule has 88 valence electrons. The Morgan fingerprint density at radius 3 is 2.88 bits per heavy atom. The first kappa shape index (κ1) is 11.8. The van der Waals surface area contributed by atoms with Gasteiger partial charge in [0.25, 0.3) is 0 Å². The van der Waals surface area contributed by atoms with Gasteiger partial charge in [-0.15, -0.1) is 0 Å². The van der Waals surface area contributed by atoms with Crippen molar-refractivity contribution in [1.29, 1.82) is 0 Å². The molecule has 1 aliphatic rings. The minimum atomic E-state index is -1.04. The van der Waals surface area contributed by atoms with Gasteiger partial charge in [-0.2, -0.15) is 0 Å². The number of halogens is 1. The molecule has 0 heterocycles.